The smallest absolute Gasteiger partial charge is 0.198 e. The minimum atomic E-state index is -0.193. The first-order chi connectivity index (χ1) is 31.1. The molecule has 11 aromatic rings. The maximum atomic E-state index is 6.57. The van der Waals surface area contributed by atoms with Crippen LogP contribution in [0.1, 0.15) is 83.2 Å². The molecule has 0 bridgehead atoms. The van der Waals surface area contributed by atoms with E-state index in [1.165, 1.54) is 77.3 Å². The lowest BCUT2D eigenvalue weighted by Crippen LogP contribution is -2.37. The Bertz CT molecular complexity index is 3880. The van der Waals surface area contributed by atoms with Crippen LogP contribution >= 0.6 is 0 Å². The number of fused-ring (bicyclic) bond motifs is 14. The number of furan rings is 2. The largest absolute Gasteiger partial charge is 0.456 e. The maximum absolute atomic E-state index is 6.57. The van der Waals surface area contributed by atoms with Crippen molar-refractivity contribution in [1.82, 2.24) is 4.57 Å². The molecule has 5 heteroatoms. The zero-order chi connectivity index (χ0) is 44.5. The van der Waals surface area contributed by atoms with E-state index in [-0.39, 0.29) is 16.2 Å². The van der Waals surface area contributed by atoms with Crippen molar-refractivity contribution in [1.29, 1.82) is 0 Å². The Labute approximate surface area is 380 Å². The minimum Gasteiger partial charge on any atom is -0.456 e. The Kier molecular flexibility index (Phi) is 7.61. The van der Waals surface area contributed by atoms with Crippen molar-refractivity contribution in [2.45, 2.75) is 78.6 Å². The van der Waals surface area contributed by atoms with Crippen LogP contribution in [0.3, 0.4) is 0 Å². The fraction of sp³-hybridized carbons (Fsp3) is 0.200. The second-order valence-electron chi connectivity index (χ2n) is 21.4. The summed E-state index contributed by atoms with van der Waals surface area (Å²) in [5.74, 6) is 0. The molecule has 4 heterocycles. The van der Waals surface area contributed by atoms with E-state index in [2.05, 4.69) is 213 Å². The van der Waals surface area contributed by atoms with Crippen molar-refractivity contribution in [3.63, 3.8) is 0 Å². The standard InChI is InChI=1S/C60H50BN2O2/c1-32-24-43(40-26-39-36-23-20-34(59(5,6)7)25-45(36)60(8,9)46(39)30-48(40)62-35-21-18-33(19-22-35)58(2,3)4)56-57-55(32)44-29-53-41(37-14-10-12-16-51(37)64-53)27-49(44)63(57)50-28-42-38-15-11-13-17-52(38)65-54(42)31-47(50)61-56/h10-31,62H,1-9H3. The number of anilines is 2. The molecule has 2 aliphatic rings. The fourth-order valence-electron chi connectivity index (χ4n) is 11.3. The van der Waals surface area contributed by atoms with Crippen molar-refractivity contribution >= 4 is 95.3 Å². The summed E-state index contributed by atoms with van der Waals surface area (Å²) in [6, 6.07) is 49.6. The highest BCUT2D eigenvalue weighted by Crippen LogP contribution is 2.53. The van der Waals surface area contributed by atoms with Gasteiger partial charge in [-0.15, -0.1) is 0 Å². The monoisotopic (exact) mass is 841 g/mol. The maximum Gasteiger partial charge on any atom is 0.198 e. The van der Waals surface area contributed by atoms with Crippen LogP contribution < -0.4 is 16.2 Å². The van der Waals surface area contributed by atoms with Crippen LogP contribution in [0.4, 0.5) is 11.4 Å². The molecule has 0 fully saturated rings. The third-order valence-electron chi connectivity index (χ3n) is 14.8. The third kappa shape index (κ3) is 5.45. The highest BCUT2D eigenvalue weighted by Gasteiger charge is 2.38. The summed E-state index contributed by atoms with van der Waals surface area (Å²) in [6.07, 6.45) is 0. The Balaban J connectivity index is 1.12. The van der Waals surface area contributed by atoms with Crippen molar-refractivity contribution in [2.24, 2.45) is 0 Å². The van der Waals surface area contributed by atoms with Crippen molar-refractivity contribution in [3.8, 4) is 27.9 Å². The molecule has 315 valence electrons. The van der Waals surface area contributed by atoms with Gasteiger partial charge in [0.1, 0.15) is 22.3 Å². The molecule has 0 unspecified atom stereocenters. The van der Waals surface area contributed by atoms with Crippen LogP contribution in [-0.2, 0) is 16.2 Å². The van der Waals surface area contributed by atoms with Gasteiger partial charge in [0.15, 0.2) is 7.28 Å². The van der Waals surface area contributed by atoms with Gasteiger partial charge in [-0.3, -0.25) is 0 Å². The van der Waals surface area contributed by atoms with Crippen LogP contribution in [-0.4, -0.2) is 11.8 Å². The summed E-state index contributed by atoms with van der Waals surface area (Å²) in [6.45, 7) is 20.8. The predicted octanol–water partition coefficient (Wildman–Crippen LogP) is 15.2. The number of nitrogens with zero attached hydrogens (tertiary/aromatic N) is 1. The molecular weight excluding hydrogens is 791 g/mol. The summed E-state index contributed by atoms with van der Waals surface area (Å²) in [4.78, 5) is 0. The molecule has 1 N–H and O–H groups in total. The van der Waals surface area contributed by atoms with Crippen molar-refractivity contribution < 1.29 is 8.83 Å². The van der Waals surface area contributed by atoms with Gasteiger partial charge in [-0.1, -0.05) is 134 Å². The van der Waals surface area contributed by atoms with Gasteiger partial charge >= 0.3 is 0 Å². The zero-order valence-corrected chi connectivity index (χ0v) is 38.5. The van der Waals surface area contributed by atoms with Gasteiger partial charge in [0.25, 0.3) is 0 Å². The highest BCUT2D eigenvalue weighted by atomic mass is 16.3. The SMILES string of the molecule is Cc1cc(-c2cc3c(cc2Nc2ccc(C(C)(C)C)cc2)C(C)(C)c2cc(C(C)(C)C)ccc2-3)c2c3c1c1cc4oc5ccccc5c4cc1n3-c1cc3c(cc1[B]2)oc1ccccc13. The summed E-state index contributed by atoms with van der Waals surface area (Å²) in [5, 5.41) is 10.9. The molecule has 65 heavy (non-hydrogen) atoms. The summed E-state index contributed by atoms with van der Waals surface area (Å²) < 4.78 is 15.7. The molecule has 4 nitrogen and oxygen atoms in total. The molecule has 1 aliphatic heterocycles. The normalized spacial score (nSPS) is 14.2. The molecule has 0 amide bonds. The van der Waals surface area contributed by atoms with Gasteiger partial charge in [-0.05, 0) is 128 Å². The van der Waals surface area contributed by atoms with E-state index < -0.39 is 0 Å². The molecule has 8 aromatic carbocycles. The Morgan fingerprint density at radius 2 is 1.17 bits per heavy atom. The number of rotatable bonds is 3. The summed E-state index contributed by atoms with van der Waals surface area (Å²) in [7, 11) is 2.42. The molecule has 0 saturated carbocycles. The molecule has 1 radical (unpaired) electrons. The molecule has 3 aromatic heterocycles. The van der Waals surface area contributed by atoms with Crippen molar-refractivity contribution in [3.05, 3.63) is 161 Å². The lowest BCUT2D eigenvalue weighted by atomic mass is 9.58. The van der Waals surface area contributed by atoms with Crippen LogP contribution in [0.25, 0.3) is 93.6 Å². The van der Waals surface area contributed by atoms with E-state index in [0.717, 1.165) is 66.4 Å². The molecule has 0 spiro atoms. The first-order valence-corrected chi connectivity index (χ1v) is 23.1. The summed E-state index contributed by atoms with van der Waals surface area (Å²) >= 11 is 0. The van der Waals surface area contributed by atoms with Gasteiger partial charge in [-0.2, -0.15) is 0 Å². The quantitative estimate of drug-likeness (QED) is 0.180. The van der Waals surface area contributed by atoms with E-state index in [1.807, 2.05) is 0 Å². The first kappa shape index (κ1) is 38.5. The lowest BCUT2D eigenvalue weighted by molar-refractivity contribution is 0.584. The zero-order valence-electron chi connectivity index (χ0n) is 38.5. The van der Waals surface area contributed by atoms with Crippen LogP contribution in [0, 0.1) is 6.92 Å². The van der Waals surface area contributed by atoms with E-state index in [0.29, 0.717) is 0 Å². The Hall–Kier alpha value is -6.98. The molecule has 1 aliphatic carbocycles. The number of hydrogen-bond donors (Lipinski definition) is 1. The molecule has 13 rings (SSSR count). The number of aromatic nitrogens is 1. The average Bonchev–Trinajstić information content (AvgIpc) is 3.99. The van der Waals surface area contributed by atoms with Crippen LogP contribution in [0.15, 0.2) is 142 Å². The molecule has 0 atom stereocenters. The predicted molar refractivity (Wildman–Crippen MR) is 275 cm³/mol. The Morgan fingerprint density at radius 1 is 0.538 bits per heavy atom. The summed E-state index contributed by atoms with van der Waals surface area (Å²) in [5.41, 5.74) is 23.1. The number of benzene rings is 8. The second kappa shape index (κ2) is 12.8. The van der Waals surface area contributed by atoms with Gasteiger partial charge in [0.05, 0.1) is 5.52 Å². The van der Waals surface area contributed by atoms with E-state index in [9.17, 15) is 0 Å². The fourth-order valence-corrected chi connectivity index (χ4v) is 11.3. The van der Waals surface area contributed by atoms with Crippen molar-refractivity contribution in [2.75, 3.05) is 5.32 Å². The van der Waals surface area contributed by atoms with Gasteiger partial charge in [-0.25, -0.2) is 0 Å². The Morgan fingerprint density at radius 3 is 1.86 bits per heavy atom. The average molecular weight is 842 g/mol. The van der Waals surface area contributed by atoms with Gasteiger partial charge in [0.2, 0.25) is 0 Å². The number of aryl methyl sites for hydroxylation is 1. The molecule has 0 saturated heterocycles. The number of hydrogen-bond acceptors (Lipinski definition) is 3. The second-order valence-corrected chi connectivity index (χ2v) is 21.4. The minimum absolute atomic E-state index is 0.0424. The van der Waals surface area contributed by atoms with Gasteiger partial charge in [0, 0.05) is 65.9 Å². The third-order valence-corrected chi connectivity index (χ3v) is 14.8. The van der Waals surface area contributed by atoms with E-state index in [1.54, 1.807) is 0 Å². The number of para-hydroxylation sites is 2. The van der Waals surface area contributed by atoms with Gasteiger partial charge < -0.3 is 18.7 Å². The number of nitrogens with one attached hydrogen (secondary N) is 1. The van der Waals surface area contributed by atoms with E-state index >= 15 is 0 Å². The lowest BCUT2D eigenvalue weighted by Gasteiger charge is -2.27. The topological polar surface area (TPSA) is 43.2 Å². The highest BCUT2D eigenvalue weighted by molar-refractivity contribution is 6.74. The van der Waals surface area contributed by atoms with Crippen LogP contribution in [0.5, 0.6) is 0 Å². The van der Waals surface area contributed by atoms with Crippen LogP contribution in [0.2, 0.25) is 0 Å². The molecular formula is C60H50BN2O2. The first-order valence-electron chi connectivity index (χ1n) is 23.1. The van der Waals surface area contributed by atoms with E-state index in [4.69, 9.17) is 8.83 Å².